The highest BCUT2D eigenvalue weighted by Crippen LogP contribution is 2.24. The summed E-state index contributed by atoms with van der Waals surface area (Å²) in [6.07, 6.45) is 3.66. The molecule has 2 amide bonds. The van der Waals surface area contributed by atoms with Gasteiger partial charge in [0.1, 0.15) is 5.76 Å². The highest BCUT2D eigenvalue weighted by Gasteiger charge is 2.23. The summed E-state index contributed by atoms with van der Waals surface area (Å²) in [4.78, 5) is 26.5. The first-order chi connectivity index (χ1) is 13.5. The molecular formula is C18H26N6O3S. The van der Waals surface area contributed by atoms with E-state index in [1.807, 2.05) is 16.4 Å². The van der Waals surface area contributed by atoms with Gasteiger partial charge in [-0.1, -0.05) is 23.3 Å². The number of amides is 2. The third kappa shape index (κ3) is 4.92. The van der Waals surface area contributed by atoms with Crippen LogP contribution >= 0.6 is 11.8 Å². The molecule has 10 heteroatoms. The van der Waals surface area contributed by atoms with Crippen molar-refractivity contribution in [3.63, 3.8) is 0 Å². The Morgan fingerprint density at radius 2 is 2.18 bits per heavy atom. The molecule has 1 saturated heterocycles. The topological polar surface area (TPSA) is 106 Å². The Morgan fingerprint density at radius 1 is 1.36 bits per heavy atom. The van der Waals surface area contributed by atoms with E-state index in [0.717, 1.165) is 31.6 Å². The first-order valence-corrected chi connectivity index (χ1v) is 10.5. The lowest BCUT2D eigenvalue weighted by Crippen LogP contribution is -2.31. The molecule has 9 nitrogen and oxygen atoms in total. The van der Waals surface area contributed by atoms with Crippen LogP contribution in [-0.2, 0) is 22.7 Å². The number of nitrogens with zero attached hydrogens (tertiary/aromatic N) is 5. The highest BCUT2D eigenvalue weighted by molar-refractivity contribution is 8.00. The molecule has 3 rings (SSSR count). The minimum absolute atomic E-state index is 0.174. The first kappa shape index (κ1) is 20.4. The van der Waals surface area contributed by atoms with Gasteiger partial charge in [0.2, 0.25) is 11.8 Å². The molecule has 1 N–H and O–H groups in total. The molecule has 1 aliphatic heterocycles. The number of thioether (sulfide) groups is 1. The lowest BCUT2D eigenvalue weighted by atomic mass is 10.2. The van der Waals surface area contributed by atoms with Crippen LogP contribution in [0.3, 0.4) is 0 Å². The van der Waals surface area contributed by atoms with E-state index in [-0.39, 0.29) is 17.1 Å². The monoisotopic (exact) mass is 406 g/mol. The number of carbonyl (C=O) groups excluding carboxylic acids is 2. The lowest BCUT2D eigenvalue weighted by Gasteiger charge is -2.20. The van der Waals surface area contributed by atoms with Crippen molar-refractivity contribution in [3.05, 3.63) is 17.7 Å². The zero-order valence-corrected chi connectivity index (χ0v) is 17.3. The standard InChI is InChI=1S/C18H26N6O3S/c1-4-24-15(11-23-9-7-5-6-8-16(23)25)20-21-18(24)28-13(3)17(26)19-14-10-12(2)27-22-14/h10,13H,4-9,11H2,1-3H3,(H,19,22,26)/t13-/m0/s1. The maximum Gasteiger partial charge on any atom is 0.238 e. The zero-order valence-electron chi connectivity index (χ0n) is 16.5. The van der Waals surface area contributed by atoms with Crippen LogP contribution in [0.4, 0.5) is 5.82 Å². The van der Waals surface area contributed by atoms with Gasteiger partial charge in [0.25, 0.3) is 0 Å². The summed E-state index contributed by atoms with van der Waals surface area (Å²) in [5, 5.41) is 15.3. The number of nitrogens with one attached hydrogen (secondary N) is 1. The van der Waals surface area contributed by atoms with E-state index >= 15 is 0 Å². The van der Waals surface area contributed by atoms with Crippen molar-refractivity contribution in [1.29, 1.82) is 0 Å². The number of aromatic nitrogens is 4. The predicted octanol–water partition coefficient (Wildman–Crippen LogP) is 2.62. The molecule has 2 aromatic rings. The summed E-state index contributed by atoms with van der Waals surface area (Å²) in [6.45, 7) is 7.46. The molecule has 0 aliphatic carbocycles. The van der Waals surface area contributed by atoms with Gasteiger partial charge in [-0.05, 0) is 33.6 Å². The number of carbonyl (C=O) groups is 2. The summed E-state index contributed by atoms with van der Waals surface area (Å²) < 4.78 is 6.93. The van der Waals surface area contributed by atoms with Crippen LogP contribution in [0, 0.1) is 6.92 Å². The Bertz CT molecular complexity index is 833. The molecule has 0 radical (unpaired) electrons. The van der Waals surface area contributed by atoms with E-state index in [0.29, 0.717) is 36.2 Å². The Hall–Kier alpha value is -2.36. The van der Waals surface area contributed by atoms with Crippen LogP contribution in [0.15, 0.2) is 15.7 Å². The van der Waals surface area contributed by atoms with E-state index in [2.05, 4.69) is 20.7 Å². The smallest absolute Gasteiger partial charge is 0.238 e. The Kier molecular flexibility index (Phi) is 6.71. The fourth-order valence-corrected chi connectivity index (χ4v) is 4.01. The predicted molar refractivity (Wildman–Crippen MR) is 105 cm³/mol. The van der Waals surface area contributed by atoms with Crippen LogP contribution in [0.2, 0.25) is 0 Å². The SMILES string of the molecule is CCn1c(CN2CCCCCC2=O)nnc1S[C@@H](C)C(=O)Nc1cc(C)on1. The Morgan fingerprint density at radius 3 is 2.89 bits per heavy atom. The molecule has 3 heterocycles. The van der Waals surface area contributed by atoms with Gasteiger partial charge in [-0.15, -0.1) is 10.2 Å². The number of hydrogen-bond acceptors (Lipinski definition) is 7. The van der Waals surface area contributed by atoms with Gasteiger partial charge < -0.3 is 19.3 Å². The third-order valence-corrected chi connectivity index (χ3v) is 5.72. The molecule has 0 spiro atoms. The van der Waals surface area contributed by atoms with Gasteiger partial charge in [0.15, 0.2) is 16.8 Å². The van der Waals surface area contributed by atoms with Crippen molar-refractivity contribution in [3.8, 4) is 0 Å². The van der Waals surface area contributed by atoms with E-state index in [4.69, 9.17) is 4.52 Å². The molecule has 0 bridgehead atoms. The first-order valence-electron chi connectivity index (χ1n) is 9.58. The quantitative estimate of drug-likeness (QED) is 0.705. The van der Waals surface area contributed by atoms with Gasteiger partial charge in [-0.3, -0.25) is 9.59 Å². The van der Waals surface area contributed by atoms with Gasteiger partial charge in [0.05, 0.1) is 11.8 Å². The van der Waals surface area contributed by atoms with E-state index < -0.39 is 0 Å². The van der Waals surface area contributed by atoms with Crippen molar-refractivity contribution >= 4 is 29.4 Å². The average Bonchev–Trinajstić information content (AvgIpc) is 3.18. The van der Waals surface area contributed by atoms with Gasteiger partial charge in [0, 0.05) is 25.6 Å². The molecule has 1 atom stereocenters. The normalized spacial score (nSPS) is 16.1. The Labute approximate surface area is 168 Å². The van der Waals surface area contributed by atoms with Crippen molar-refractivity contribution in [2.45, 2.75) is 70.0 Å². The second kappa shape index (κ2) is 9.22. The number of hydrogen-bond donors (Lipinski definition) is 1. The highest BCUT2D eigenvalue weighted by atomic mass is 32.2. The number of anilines is 1. The molecule has 28 heavy (non-hydrogen) atoms. The second-order valence-corrected chi connectivity index (χ2v) is 8.15. The third-order valence-electron chi connectivity index (χ3n) is 4.64. The van der Waals surface area contributed by atoms with Crippen molar-refractivity contribution < 1.29 is 14.1 Å². The van der Waals surface area contributed by atoms with E-state index in [1.165, 1.54) is 11.8 Å². The van der Waals surface area contributed by atoms with Crippen molar-refractivity contribution in [2.75, 3.05) is 11.9 Å². The van der Waals surface area contributed by atoms with Crippen molar-refractivity contribution in [1.82, 2.24) is 24.8 Å². The van der Waals surface area contributed by atoms with Crippen LogP contribution < -0.4 is 5.32 Å². The largest absolute Gasteiger partial charge is 0.360 e. The molecular weight excluding hydrogens is 380 g/mol. The minimum Gasteiger partial charge on any atom is -0.360 e. The molecule has 1 fully saturated rings. The molecule has 0 unspecified atom stereocenters. The summed E-state index contributed by atoms with van der Waals surface area (Å²) in [5.74, 6) is 1.77. The van der Waals surface area contributed by atoms with Gasteiger partial charge in [-0.25, -0.2) is 0 Å². The van der Waals surface area contributed by atoms with Crippen molar-refractivity contribution in [2.24, 2.45) is 0 Å². The van der Waals surface area contributed by atoms with Gasteiger partial charge >= 0.3 is 0 Å². The number of rotatable bonds is 7. The van der Waals surface area contributed by atoms with E-state index in [9.17, 15) is 9.59 Å². The maximum atomic E-state index is 12.4. The summed E-state index contributed by atoms with van der Waals surface area (Å²) >= 11 is 1.33. The molecule has 1 aliphatic rings. The molecule has 0 saturated carbocycles. The fourth-order valence-electron chi connectivity index (χ4n) is 3.08. The average molecular weight is 407 g/mol. The molecule has 2 aromatic heterocycles. The number of aryl methyl sites for hydroxylation is 1. The minimum atomic E-state index is -0.390. The maximum absolute atomic E-state index is 12.4. The summed E-state index contributed by atoms with van der Waals surface area (Å²) in [7, 11) is 0. The van der Waals surface area contributed by atoms with Crippen LogP contribution in [0.5, 0.6) is 0 Å². The summed E-state index contributed by atoms with van der Waals surface area (Å²) in [6, 6.07) is 1.67. The van der Waals surface area contributed by atoms with Crippen LogP contribution in [-0.4, -0.2) is 48.4 Å². The molecule has 152 valence electrons. The Balaban J connectivity index is 1.65. The summed E-state index contributed by atoms with van der Waals surface area (Å²) in [5.41, 5.74) is 0. The molecule has 0 aromatic carbocycles. The fraction of sp³-hybridized carbons (Fsp3) is 0.611. The van der Waals surface area contributed by atoms with E-state index in [1.54, 1.807) is 19.9 Å². The number of likely N-dealkylation sites (tertiary alicyclic amines) is 1. The van der Waals surface area contributed by atoms with Gasteiger partial charge in [-0.2, -0.15) is 0 Å². The van der Waals surface area contributed by atoms with Crippen LogP contribution in [0.1, 0.15) is 51.1 Å². The second-order valence-electron chi connectivity index (χ2n) is 6.84. The zero-order chi connectivity index (χ0) is 20.1. The lowest BCUT2D eigenvalue weighted by molar-refractivity contribution is -0.131. The van der Waals surface area contributed by atoms with Crippen LogP contribution in [0.25, 0.3) is 0 Å².